The maximum Gasteiger partial charge on any atom is 0.254 e. The van der Waals surface area contributed by atoms with Crippen molar-refractivity contribution in [1.82, 2.24) is 15.1 Å². The van der Waals surface area contributed by atoms with Gasteiger partial charge in [-0.05, 0) is 25.2 Å². The topological polar surface area (TPSA) is 52.7 Å². The molecule has 1 heterocycles. The first kappa shape index (κ1) is 18.0. The van der Waals surface area contributed by atoms with Crippen molar-refractivity contribution in [1.29, 1.82) is 0 Å². The third kappa shape index (κ3) is 4.59. The SMILES string of the molecule is CNCC(C)C(=O)N1CCN(C(=O)c2cc(Cl)cc(Cl)c2)CC1. The minimum Gasteiger partial charge on any atom is -0.339 e. The lowest BCUT2D eigenvalue weighted by molar-refractivity contribution is -0.136. The number of rotatable bonds is 4. The Morgan fingerprint density at radius 3 is 2.13 bits per heavy atom. The van der Waals surface area contributed by atoms with Crippen LogP contribution >= 0.6 is 23.2 Å². The van der Waals surface area contributed by atoms with E-state index in [9.17, 15) is 9.59 Å². The number of piperazine rings is 1. The second-order valence-electron chi connectivity index (χ2n) is 5.73. The molecule has 1 unspecified atom stereocenters. The molecule has 5 nitrogen and oxygen atoms in total. The lowest BCUT2D eigenvalue weighted by atomic mass is 10.1. The number of hydrogen-bond acceptors (Lipinski definition) is 3. The Morgan fingerprint density at radius 1 is 1.09 bits per heavy atom. The predicted octanol–water partition coefficient (Wildman–Crippen LogP) is 2.13. The highest BCUT2D eigenvalue weighted by molar-refractivity contribution is 6.35. The van der Waals surface area contributed by atoms with Crippen molar-refractivity contribution < 1.29 is 9.59 Å². The minimum absolute atomic E-state index is 0.0611. The molecule has 1 N–H and O–H groups in total. The standard InChI is InChI=1S/C16H21Cl2N3O2/c1-11(10-19-2)15(22)20-3-5-21(6-4-20)16(23)12-7-13(17)9-14(18)8-12/h7-9,11,19H,3-6,10H2,1-2H3. The molecule has 0 bridgehead atoms. The summed E-state index contributed by atoms with van der Waals surface area (Å²) >= 11 is 11.9. The Balaban J connectivity index is 1.96. The van der Waals surface area contributed by atoms with Crippen LogP contribution in [0.4, 0.5) is 0 Å². The van der Waals surface area contributed by atoms with Gasteiger partial charge in [0, 0.05) is 54.3 Å². The van der Waals surface area contributed by atoms with Crippen molar-refractivity contribution in [3.05, 3.63) is 33.8 Å². The van der Waals surface area contributed by atoms with E-state index in [0.717, 1.165) is 0 Å². The Bertz CT molecular complexity index is 566. The lowest BCUT2D eigenvalue weighted by Crippen LogP contribution is -2.52. The summed E-state index contributed by atoms with van der Waals surface area (Å²) in [7, 11) is 1.83. The number of halogens is 2. The number of hydrogen-bond donors (Lipinski definition) is 1. The van der Waals surface area contributed by atoms with Crippen molar-refractivity contribution in [2.75, 3.05) is 39.8 Å². The van der Waals surface area contributed by atoms with Gasteiger partial charge in [0.05, 0.1) is 0 Å². The second-order valence-corrected chi connectivity index (χ2v) is 6.61. The molecule has 1 saturated heterocycles. The van der Waals surface area contributed by atoms with Gasteiger partial charge >= 0.3 is 0 Å². The smallest absolute Gasteiger partial charge is 0.254 e. The van der Waals surface area contributed by atoms with Gasteiger partial charge < -0.3 is 15.1 Å². The van der Waals surface area contributed by atoms with E-state index in [0.29, 0.717) is 48.3 Å². The summed E-state index contributed by atoms with van der Waals surface area (Å²) in [4.78, 5) is 28.3. The van der Waals surface area contributed by atoms with Gasteiger partial charge in [-0.15, -0.1) is 0 Å². The van der Waals surface area contributed by atoms with E-state index in [4.69, 9.17) is 23.2 Å². The summed E-state index contributed by atoms with van der Waals surface area (Å²) in [6.07, 6.45) is 0. The number of amides is 2. The van der Waals surface area contributed by atoms with Crippen LogP contribution in [0.15, 0.2) is 18.2 Å². The third-order valence-corrected chi connectivity index (χ3v) is 4.36. The lowest BCUT2D eigenvalue weighted by Gasteiger charge is -2.36. The fourth-order valence-electron chi connectivity index (χ4n) is 2.69. The number of nitrogens with one attached hydrogen (secondary N) is 1. The molecule has 0 saturated carbocycles. The van der Waals surface area contributed by atoms with Crippen LogP contribution in [0.3, 0.4) is 0 Å². The molecule has 1 aromatic carbocycles. The zero-order chi connectivity index (χ0) is 17.0. The zero-order valence-corrected chi connectivity index (χ0v) is 14.8. The summed E-state index contributed by atoms with van der Waals surface area (Å²) in [6.45, 7) is 4.69. The molecule has 1 aliphatic heterocycles. The molecule has 7 heteroatoms. The van der Waals surface area contributed by atoms with Crippen molar-refractivity contribution in [2.24, 2.45) is 5.92 Å². The average molecular weight is 358 g/mol. The normalized spacial score (nSPS) is 16.3. The first-order valence-electron chi connectivity index (χ1n) is 7.61. The molecule has 1 fully saturated rings. The van der Waals surface area contributed by atoms with E-state index < -0.39 is 0 Å². The summed E-state index contributed by atoms with van der Waals surface area (Å²) in [5, 5.41) is 3.89. The van der Waals surface area contributed by atoms with Gasteiger partial charge in [-0.3, -0.25) is 9.59 Å². The van der Waals surface area contributed by atoms with Crippen molar-refractivity contribution in [2.45, 2.75) is 6.92 Å². The quantitative estimate of drug-likeness (QED) is 0.897. The number of benzene rings is 1. The molecule has 0 aromatic heterocycles. The van der Waals surface area contributed by atoms with Crippen LogP contribution < -0.4 is 5.32 Å². The molecule has 0 radical (unpaired) electrons. The monoisotopic (exact) mass is 357 g/mol. The van der Waals surface area contributed by atoms with Crippen LogP contribution in [-0.4, -0.2) is 61.4 Å². The molecule has 1 aromatic rings. The molecule has 0 aliphatic carbocycles. The Morgan fingerprint density at radius 2 is 1.61 bits per heavy atom. The van der Waals surface area contributed by atoms with Crippen molar-refractivity contribution >= 4 is 35.0 Å². The van der Waals surface area contributed by atoms with E-state index in [1.54, 1.807) is 23.1 Å². The van der Waals surface area contributed by atoms with Crippen molar-refractivity contribution in [3.8, 4) is 0 Å². The molecule has 1 atom stereocenters. The van der Waals surface area contributed by atoms with Gasteiger partial charge in [0.2, 0.25) is 5.91 Å². The molecular weight excluding hydrogens is 337 g/mol. The van der Waals surface area contributed by atoms with Crippen LogP contribution in [0, 0.1) is 5.92 Å². The van der Waals surface area contributed by atoms with E-state index >= 15 is 0 Å². The average Bonchev–Trinajstić information content (AvgIpc) is 2.53. The molecule has 1 aliphatic rings. The first-order valence-corrected chi connectivity index (χ1v) is 8.36. The largest absolute Gasteiger partial charge is 0.339 e. The Kier molecular flexibility index (Phi) is 6.27. The minimum atomic E-state index is -0.107. The number of carbonyl (C=O) groups is 2. The summed E-state index contributed by atoms with van der Waals surface area (Å²) in [5.74, 6) is -0.0454. The molecule has 2 amide bonds. The maximum atomic E-state index is 12.5. The van der Waals surface area contributed by atoms with E-state index in [2.05, 4.69) is 5.32 Å². The van der Waals surface area contributed by atoms with Gasteiger partial charge in [0.1, 0.15) is 0 Å². The third-order valence-electron chi connectivity index (χ3n) is 3.92. The van der Waals surface area contributed by atoms with Crippen molar-refractivity contribution in [3.63, 3.8) is 0 Å². The van der Waals surface area contributed by atoms with Crippen LogP contribution in [0.25, 0.3) is 0 Å². The van der Waals surface area contributed by atoms with Gasteiger partial charge in [0.15, 0.2) is 0 Å². The molecule has 0 spiro atoms. The Hall–Kier alpha value is -1.30. The summed E-state index contributed by atoms with van der Waals surface area (Å²) < 4.78 is 0. The highest BCUT2D eigenvalue weighted by atomic mass is 35.5. The summed E-state index contributed by atoms with van der Waals surface area (Å²) in [5.41, 5.74) is 0.478. The summed E-state index contributed by atoms with van der Waals surface area (Å²) in [6, 6.07) is 4.82. The van der Waals surface area contributed by atoms with E-state index in [1.165, 1.54) is 0 Å². The number of nitrogens with zero attached hydrogens (tertiary/aromatic N) is 2. The zero-order valence-electron chi connectivity index (χ0n) is 13.3. The molecule has 126 valence electrons. The number of carbonyl (C=O) groups excluding carboxylic acids is 2. The molecule has 2 rings (SSSR count). The van der Waals surface area contributed by atoms with Crippen LogP contribution in [0.5, 0.6) is 0 Å². The molecular formula is C16H21Cl2N3O2. The van der Waals surface area contributed by atoms with Gasteiger partial charge in [0.25, 0.3) is 5.91 Å². The van der Waals surface area contributed by atoms with E-state index in [1.807, 2.05) is 18.9 Å². The predicted molar refractivity (Wildman–Crippen MR) is 92.0 cm³/mol. The van der Waals surface area contributed by atoms with Crippen LogP contribution in [0.1, 0.15) is 17.3 Å². The Labute approximate surface area is 146 Å². The molecule has 23 heavy (non-hydrogen) atoms. The van der Waals surface area contributed by atoms with E-state index in [-0.39, 0.29) is 17.7 Å². The second kappa shape index (κ2) is 7.99. The van der Waals surface area contributed by atoms with Gasteiger partial charge in [-0.2, -0.15) is 0 Å². The van der Waals surface area contributed by atoms with Gasteiger partial charge in [-0.25, -0.2) is 0 Å². The van der Waals surface area contributed by atoms with Crippen LogP contribution in [-0.2, 0) is 4.79 Å². The highest BCUT2D eigenvalue weighted by Crippen LogP contribution is 2.21. The fourth-order valence-corrected chi connectivity index (χ4v) is 3.22. The fraction of sp³-hybridized carbons (Fsp3) is 0.500. The highest BCUT2D eigenvalue weighted by Gasteiger charge is 2.27. The first-order chi connectivity index (χ1) is 10.9. The van der Waals surface area contributed by atoms with Crippen LogP contribution in [0.2, 0.25) is 10.0 Å². The maximum absolute atomic E-state index is 12.5. The van der Waals surface area contributed by atoms with Gasteiger partial charge in [-0.1, -0.05) is 30.1 Å².